The highest BCUT2D eigenvalue weighted by atomic mass is 16.7. The first-order valence-corrected chi connectivity index (χ1v) is 7.78. The van der Waals surface area contributed by atoms with Crippen molar-refractivity contribution in [3.63, 3.8) is 0 Å². The van der Waals surface area contributed by atoms with Gasteiger partial charge in [0.25, 0.3) is 0 Å². The first-order chi connectivity index (χ1) is 9.76. The molecule has 2 atom stereocenters. The lowest BCUT2D eigenvalue weighted by molar-refractivity contribution is -0.145. The van der Waals surface area contributed by atoms with E-state index in [1.54, 1.807) is 0 Å². The number of ether oxygens (including phenoxy) is 3. The molecule has 1 aliphatic carbocycles. The van der Waals surface area contributed by atoms with Gasteiger partial charge in [0.15, 0.2) is 12.2 Å². The maximum atomic E-state index is 11.7. The number of carbonyl (C=O) groups is 1. The zero-order valence-electron chi connectivity index (χ0n) is 12.5. The lowest BCUT2D eigenvalue weighted by Gasteiger charge is -2.09. The molecule has 0 aromatic rings. The number of hydrogen-bond donors (Lipinski definition) is 0. The van der Waals surface area contributed by atoms with Crippen LogP contribution in [0.3, 0.4) is 0 Å². The van der Waals surface area contributed by atoms with Crippen molar-refractivity contribution in [2.45, 2.75) is 70.6 Å². The van der Waals surface area contributed by atoms with Gasteiger partial charge in [0, 0.05) is 0 Å². The van der Waals surface area contributed by atoms with Crippen molar-refractivity contribution in [3.8, 4) is 0 Å². The first-order valence-electron chi connectivity index (χ1n) is 7.78. The molecule has 0 N–H and O–H groups in total. The molecule has 114 valence electrons. The fraction of sp³-hybridized carbons (Fsp3) is 0.867. The third-order valence-electron chi connectivity index (χ3n) is 3.50. The molecular formula is C15H25NO4. The minimum Gasteiger partial charge on any atom is -0.479 e. The van der Waals surface area contributed by atoms with Crippen LogP contribution in [0.4, 0.5) is 0 Å². The Morgan fingerprint density at radius 3 is 2.40 bits per heavy atom. The molecule has 5 heteroatoms. The van der Waals surface area contributed by atoms with Crippen molar-refractivity contribution < 1.29 is 19.0 Å². The van der Waals surface area contributed by atoms with Gasteiger partial charge in [-0.2, -0.15) is 0 Å². The van der Waals surface area contributed by atoms with Gasteiger partial charge in [0.1, 0.15) is 0 Å². The van der Waals surface area contributed by atoms with Crippen LogP contribution in [0.25, 0.3) is 0 Å². The lowest BCUT2D eigenvalue weighted by Crippen LogP contribution is -2.22. The Kier molecular flexibility index (Phi) is 5.83. The van der Waals surface area contributed by atoms with Gasteiger partial charge in [-0.05, 0) is 25.7 Å². The van der Waals surface area contributed by atoms with E-state index in [-0.39, 0.29) is 12.1 Å². The molecule has 2 rings (SSSR count). The summed E-state index contributed by atoms with van der Waals surface area (Å²) in [5.74, 6) is 0.299. The van der Waals surface area contributed by atoms with Gasteiger partial charge in [0.05, 0.1) is 19.3 Å². The second-order valence-corrected chi connectivity index (χ2v) is 5.40. The fourth-order valence-corrected chi connectivity index (χ4v) is 2.38. The number of epoxide rings is 1. The molecule has 5 nitrogen and oxygen atoms in total. The van der Waals surface area contributed by atoms with E-state index in [9.17, 15) is 4.79 Å². The van der Waals surface area contributed by atoms with Crippen LogP contribution in [-0.2, 0) is 19.0 Å². The highest BCUT2D eigenvalue weighted by Gasteiger charge is 2.51. The molecule has 2 fully saturated rings. The number of nitrogens with zero attached hydrogens (tertiary/aromatic N) is 1. The van der Waals surface area contributed by atoms with E-state index in [1.807, 2.05) is 13.8 Å². The summed E-state index contributed by atoms with van der Waals surface area (Å²) >= 11 is 0. The Labute approximate surface area is 120 Å². The van der Waals surface area contributed by atoms with Crippen LogP contribution >= 0.6 is 0 Å². The Bertz CT molecular complexity index is 350. The van der Waals surface area contributed by atoms with Crippen LogP contribution in [0.5, 0.6) is 0 Å². The summed E-state index contributed by atoms with van der Waals surface area (Å²) in [7, 11) is 0. The fourth-order valence-electron chi connectivity index (χ4n) is 2.38. The standard InChI is InChI=1S/C15H25NO4/c1-3-9-18-14(16-11-7-5-6-8-11)12-13(20-12)15(17)19-10-4-2/h11-13H,3-10H2,1-2H3. The van der Waals surface area contributed by atoms with Crippen LogP contribution in [0.15, 0.2) is 4.99 Å². The van der Waals surface area contributed by atoms with Crippen LogP contribution in [0.1, 0.15) is 52.4 Å². The van der Waals surface area contributed by atoms with Crippen molar-refractivity contribution in [3.05, 3.63) is 0 Å². The van der Waals surface area contributed by atoms with Gasteiger partial charge < -0.3 is 14.2 Å². The molecule has 2 unspecified atom stereocenters. The van der Waals surface area contributed by atoms with Crippen LogP contribution in [-0.4, -0.2) is 43.3 Å². The molecule has 0 aromatic heterocycles. The maximum Gasteiger partial charge on any atom is 0.338 e. The van der Waals surface area contributed by atoms with E-state index < -0.39 is 6.10 Å². The highest BCUT2D eigenvalue weighted by molar-refractivity contribution is 5.93. The van der Waals surface area contributed by atoms with Crippen LogP contribution < -0.4 is 0 Å². The number of rotatable bonds is 7. The van der Waals surface area contributed by atoms with Gasteiger partial charge in [-0.3, -0.25) is 0 Å². The monoisotopic (exact) mass is 283 g/mol. The Hall–Kier alpha value is -1.10. The van der Waals surface area contributed by atoms with Crippen molar-refractivity contribution in [1.29, 1.82) is 0 Å². The second-order valence-electron chi connectivity index (χ2n) is 5.40. The van der Waals surface area contributed by atoms with E-state index in [0.29, 0.717) is 25.2 Å². The summed E-state index contributed by atoms with van der Waals surface area (Å²) in [6.45, 7) is 5.07. The second kappa shape index (κ2) is 7.62. The largest absolute Gasteiger partial charge is 0.479 e. The summed E-state index contributed by atoms with van der Waals surface area (Å²) in [6, 6.07) is 0.332. The first kappa shape index (κ1) is 15.3. The third kappa shape index (κ3) is 4.20. The number of hydrogen-bond acceptors (Lipinski definition) is 5. The highest BCUT2D eigenvalue weighted by Crippen LogP contribution is 2.28. The summed E-state index contributed by atoms with van der Waals surface area (Å²) in [4.78, 5) is 16.4. The minimum absolute atomic E-state index is 0.295. The number of aliphatic imine (C=N–C) groups is 1. The van der Waals surface area contributed by atoms with Crippen molar-refractivity contribution in [1.82, 2.24) is 0 Å². The molecule has 1 aliphatic heterocycles. The molecular weight excluding hydrogens is 258 g/mol. The normalized spacial score (nSPS) is 26.6. The van der Waals surface area contributed by atoms with E-state index in [2.05, 4.69) is 4.99 Å². The quantitative estimate of drug-likeness (QED) is 0.312. The zero-order valence-corrected chi connectivity index (χ0v) is 12.5. The molecule has 1 saturated heterocycles. The van der Waals surface area contributed by atoms with E-state index >= 15 is 0 Å². The molecule has 0 amide bonds. The predicted molar refractivity (Wildman–Crippen MR) is 75.8 cm³/mol. The molecule has 1 heterocycles. The molecule has 1 saturated carbocycles. The Morgan fingerprint density at radius 2 is 1.75 bits per heavy atom. The van der Waals surface area contributed by atoms with Gasteiger partial charge in [-0.25, -0.2) is 9.79 Å². The summed E-state index contributed by atoms with van der Waals surface area (Å²) in [5, 5.41) is 0. The smallest absolute Gasteiger partial charge is 0.338 e. The van der Waals surface area contributed by atoms with E-state index in [0.717, 1.165) is 25.7 Å². The molecule has 20 heavy (non-hydrogen) atoms. The average molecular weight is 283 g/mol. The molecule has 0 spiro atoms. The van der Waals surface area contributed by atoms with Crippen LogP contribution in [0, 0.1) is 0 Å². The average Bonchev–Trinajstić information content (AvgIpc) is 3.09. The Balaban J connectivity index is 1.89. The van der Waals surface area contributed by atoms with Gasteiger partial charge in [0.2, 0.25) is 5.90 Å². The number of esters is 1. The summed E-state index contributed by atoms with van der Waals surface area (Å²) in [5.41, 5.74) is 0. The third-order valence-corrected chi connectivity index (χ3v) is 3.50. The SMILES string of the molecule is CCCOC(=O)C1OC1C(=NC1CCCC1)OCCC. The van der Waals surface area contributed by atoms with Crippen molar-refractivity contribution >= 4 is 11.9 Å². The lowest BCUT2D eigenvalue weighted by atomic mass is 10.2. The predicted octanol–water partition coefficient (Wildman–Crippen LogP) is 2.47. The van der Waals surface area contributed by atoms with Gasteiger partial charge >= 0.3 is 5.97 Å². The van der Waals surface area contributed by atoms with Crippen molar-refractivity contribution in [2.75, 3.05) is 13.2 Å². The van der Waals surface area contributed by atoms with E-state index in [4.69, 9.17) is 14.2 Å². The number of carbonyl (C=O) groups excluding carboxylic acids is 1. The van der Waals surface area contributed by atoms with Gasteiger partial charge in [-0.1, -0.05) is 26.7 Å². The molecule has 0 bridgehead atoms. The topological polar surface area (TPSA) is 60.4 Å². The molecule has 0 aromatic carbocycles. The van der Waals surface area contributed by atoms with Crippen LogP contribution in [0.2, 0.25) is 0 Å². The summed E-state index contributed by atoms with van der Waals surface area (Å²) in [6.07, 6.45) is 5.56. The maximum absolute atomic E-state index is 11.7. The molecule has 2 aliphatic rings. The van der Waals surface area contributed by atoms with Gasteiger partial charge in [-0.15, -0.1) is 0 Å². The molecule has 0 radical (unpaired) electrons. The summed E-state index contributed by atoms with van der Waals surface area (Å²) < 4.78 is 16.2. The Morgan fingerprint density at radius 1 is 1.10 bits per heavy atom. The van der Waals surface area contributed by atoms with Crippen molar-refractivity contribution in [2.24, 2.45) is 4.99 Å². The minimum atomic E-state index is -0.515. The zero-order chi connectivity index (χ0) is 14.4. The van der Waals surface area contributed by atoms with E-state index in [1.165, 1.54) is 12.8 Å².